The molecule has 0 radical (unpaired) electrons. The molecule has 3 nitrogen and oxygen atoms in total. The molecule has 0 aliphatic carbocycles. The van der Waals surface area contributed by atoms with Crippen LogP contribution in [0, 0.1) is 0 Å². The van der Waals surface area contributed by atoms with Crippen LogP contribution in [0.3, 0.4) is 0 Å². The van der Waals surface area contributed by atoms with Crippen molar-refractivity contribution >= 4 is 5.91 Å². The lowest BCUT2D eigenvalue weighted by Crippen LogP contribution is -2.40. The number of hydroxylamine groups is 2. The van der Waals surface area contributed by atoms with Crippen LogP contribution in [-0.4, -0.2) is 23.6 Å². The van der Waals surface area contributed by atoms with E-state index in [1.165, 1.54) is 12.2 Å². The number of hydrogen-bond acceptors (Lipinski definition) is 2. The number of hydrogen-bond donors (Lipinski definition) is 0. The third-order valence-electron chi connectivity index (χ3n) is 2.16. The first-order valence-electron chi connectivity index (χ1n) is 3.65. The molecular formula is C8H13NO2. The topological polar surface area (TPSA) is 29.5 Å². The highest BCUT2D eigenvalue weighted by atomic mass is 16.7. The molecule has 1 amide bonds. The Balaban J connectivity index is 2.83. The SMILES string of the molecule is C=C[C@@]1(C)CCC(=O)N1OC. The Bertz CT molecular complexity index is 191. The Morgan fingerprint density at radius 3 is 2.82 bits per heavy atom. The average Bonchev–Trinajstić information content (AvgIpc) is 2.29. The lowest BCUT2D eigenvalue weighted by Gasteiger charge is -2.29. The first-order valence-corrected chi connectivity index (χ1v) is 3.65. The molecule has 0 unspecified atom stereocenters. The summed E-state index contributed by atoms with van der Waals surface area (Å²) in [5.74, 6) is 0.0369. The van der Waals surface area contributed by atoms with Gasteiger partial charge in [0.2, 0.25) is 5.91 Å². The summed E-state index contributed by atoms with van der Waals surface area (Å²) in [4.78, 5) is 16.1. The van der Waals surface area contributed by atoms with Gasteiger partial charge in [-0.25, -0.2) is 5.06 Å². The minimum atomic E-state index is -0.300. The maximum atomic E-state index is 11.1. The molecule has 0 aromatic carbocycles. The third-order valence-corrected chi connectivity index (χ3v) is 2.16. The molecule has 1 atom stereocenters. The van der Waals surface area contributed by atoms with Gasteiger partial charge in [0.25, 0.3) is 0 Å². The van der Waals surface area contributed by atoms with Crippen molar-refractivity contribution in [2.45, 2.75) is 25.3 Å². The maximum Gasteiger partial charge on any atom is 0.247 e. The van der Waals surface area contributed by atoms with Crippen LogP contribution in [0.25, 0.3) is 0 Å². The van der Waals surface area contributed by atoms with E-state index in [2.05, 4.69) is 6.58 Å². The number of nitrogens with zero attached hydrogens (tertiary/aromatic N) is 1. The smallest absolute Gasteiger partial charge is 0.247 e. The molecule has 1 heterocycles. The highest BCUT2D eigenvalue weighted by molar-refractivity contribution is 5.78. The minimum absolute atomic E-state index is 0.0369. The fourth-order valence-corrected chi connectivity index (χ4v) is 1.34. The summed E-state index contributed by atoms with van der Waals surface area (Å²) >= 11 is 0. The monoisotopic (exact) mass is 155 g/mol. The first kappa shape index (κ1) is 8.27. The second-order valence-corrected chi connectivity index (χ2v) is 2.93. The molecule has 62 valence electrons. The van der Waals surface area contributed by atoms with Gasteiger partial charge in [0.05, 0.1) is 12.6 Å². The molecule has 11 heavy (non-hydrogen) atoms. The van der Waals surface area contributed by atoms with Crippen molar-refractivity contribution in [1.82, 2.24) is 5.06 Å². The van der Waals surface area contributed by atoms with E-state index in [1.54, 1.807) is 6.08 Å². The van der Waals surface area contributed by atoms with Gasteiger partial charge in [-0.1, -0.05) is 6.08 Å². The van der Waals surface area contributed by atoms with Crippen LogP contribution in [0.1, 0.15) is 19.8 Å². The van der Waals surface area contributed by atoms with Crippen LogP contribution in [-0.2, 0) is 9.63 Å². The van der Waals surface area contributed by atoms with E-state index in [0.717, 1.165) is 6.42 Å². The second kappa shape index (κ2) is 2.66. The van der Waals surface area contributed by atoms with Crippen molar-refractivity contribution < 1.29 is 9.63 Å². The molecule has 0 N–H and O–H groups in total. The lowest BCUT2D eigenvalue weighted by molar-refractivity contribution is -0.185. The highest BCUT2D eigenvalue weighted by Gasteiger charge is 2.39. The van der Waals surface area contributed by atoms with Crippen LogP contribution in [0.15, 0.2) is 12.7 Å². The molecule has 0 spiro atoms. The van der Waals surface area contributed by atoms with E-state index >= 15 is 0 Å². The summed E-state index contributed by atoms with van der Waals surface area (Å²) < 4.78 is 0. The summed E-state index contributed by atoms with van der Waals surface area (Å²) in [6.07, 6.45) is 3.10. The van der Waals surface area contributed by atoms with Gasteiger partial charge in [0.1, 0.15) is 0 Å². The summed E-state index contributed by atoms with van der Waals surface area (Å²) in [5, 5.41) is 1.39. The zero-order valence-corrected chi connectivity index (χ0v) is 6.96. The Morgan fingerprint density at radius 1 is 1.82 bits per heavy atom. The number of rotatable bonds is 2. The first-order chi connectivity index (χ1) is 5.14. The van der Waals surface area contributed by atoms with Gasteiger partial charge in [0.15, 0.2) is 0 Å². The van der Waals surface area contributed by atoms with Crippen molar-refractivity contribution in [2.24, 2.45) is 0 Å². The zero-order valence-electron chi connectivity index (χ0n) is 6.96. The normalized spacial score (nSPS) is 31.1. The number of carbonyl (C=O) groups is 1. The molecule has 1 rings (SSSR count). The molecule has 0 bridgehead atoms. The van der Waals surface area contributed by atoms with E-state index < -0.39 is 0 Å². The van der Waals surface area contributed by atoms with Crippen LogP contribution in [0.4, 0.5) is 0 Å². The molecular weight excluding hydrogens is 142 g/mol. The van der Waals surface area contributed by atoms with E-state index in [0.29, 0.717) is 6.42 Å². The molecule has 0 aromatic rings. The van der Waals surface area contributed by atoms with Crippen LogP contribution in [0.5, 0.6) is 0 Å². The zero-order chi connectivity index (χ0) is 8.48. The fourth-order valence-electron chi connectivity index (χ4n) is 1.34. The summed E-state index contributed by atoms with van der Waals surface area (Å²) in [6.45, 7) is 5.61. The summed E-state index contributed by atoms with van der Waals surface area (Å²) in [5.41, 5.74) is -0.300. The van der Waals surface area contributed by atoms with Gasteiger partial charge in [-0.2, -0.15) is 0 Å². The van der Waals surface area contributed by atoms with E-state index in [9.17, 15) is 4.79 Å². The Kier molecular flexibility index (Phi) is 2.00. The number of amides is 1. The van der Waals surface area contributed by atoms with Gasteiger partial charge in [-0.15, -0.1) is 6.58 Å². The van der Waals surface area contributed by atoms with Crippen LogP contribution in [0.2, 0.25) is 0 Å². The van der Waals surface area contributed by atoms with E-state index in [4.69, 9.17) is 4.84 Å². The molecule has 3 heteroatoms. The van der Waals surface area contributed by atoms with Gasteiger partial charge in [-0.05, 0) is 13.3 Å². The Hall–Kier alpha value is -0.830. The largest absolute Gasteiger partial charge is 0.273 e. The van der Waals surface area contributed by atoms with Crippen LogP contribution >= 0.6 is 0 Å². The van der Waals surface area contributed by atoms with E-state index in [-0.39, 0.29) is 11.4 Å². The van der Waals surface area contributed by atoms with Gasteiger partial charge in [-0.3, -0.25) is 9.63 Å². The van der Waals surface area contributed by atoms with Gasteiger partial charge < -0.3 is 0 Å². The van der Waals surface area contributed by atoms with Crippen molar-refractivity contribution in [3.8, 4) is 0 Å². The average molecular weight is 155 g/mol. The van der Waals surface area contributed by atoms with Crippen molar-refractivity contribution in [1.29, 1.82) is 0 Å². The van der Waals surface area contributed by atoms with Crippen LogP contribution < -0.4 is 0 Å². The molecule has 1 saturated heterocycles. The third kappa shape index (κ3) is 1.16. The Morgan fingerprint density at radius 2 is 2.45 bits per heavy atom. The van der Waals surface area contributed by atoms with Crippen molar-refractivity contribution in [3.63, 3.8) is 0 Å². The number of carbonyl (C=O) groups excluding carboxylic acids is 1. The molecule has 0 saturated carbocycles. The second-order valence-electron chi connectivity index (χ2n) is 2.93. The standard InChI is InChI=1S/C8H13NO2/c1-4-8(2)6-5-7(10)9(8)11-3/h4H,1,5-6H2,2-3H3/t8-/m0/s1. The summed E-state index contributed by atoms with van der Waals surface area (Å²) in [7, 11) is 1.50. The highest BCUT2D eigenvalue weighted by Crippen LogP contribution is 2.30. The lowest BCUT2D eigenvalue weighted by atomic mass is 10.0. The Labute approximate surface area is 66.6 Å². The fraction of sp³-hybridized carbons (Fsp3) is 0.625. The predicted octanol–water partition coefficient (Wildman–Crippen LogP) is 1.11. The molecule has 1 aliphatic heterocycles. The molecule has 1 fully saturated rings. The quantitative estimate of drug-likeness (QED) is 0.559. The van der Waals surface area contributed by atoms with E-state index in [1.807, 2.05) is 6.92 Å². The van der Waals surface area contributed by atoms with Gasteiger partial charge >= 0.3 is 0 Å². The van der Waals surface area contributed by atoms with Crippen molar-refractivity contribution in [2.75, 3.05) is 7.11 Å². The predicted molar refractivity (Wildman–Crippen MR) is 41.7 cm³/mol. The molecule has 1 aliphatic rings. The molecule has 0 aromatic heterocycles. The maximum absolute atomic E-state index is 11.1. The minimum Gasteiger partial charge on any atom is -0.273 e. The van der Waals surface area contributed by atoms with Crippen molar-refractivity contribution in [3.05, 3.63) is 12.7 Å². The summed E-state index contributed by atoms with van der Waals surface area (Å²) in [6, 6.07) is 0. The van der Waals surface area contributed by atoms with Gasteiger partial charge in [0, 0.05) is 6.42 Å².